The van der Waals surface area contributed by atoms with Crippen molar-refractivity contribution in [1.29, 1.82) is 0 Å². The van der Waals surface area contributed by atoms with Crippen LogP contribution in [0.25, 0.3) is 0 Å². The van der Waals surface area contributed by atoms with Crippen molar-refractivity contribution >= 4 is 10.1 Å². The van der Waals surface area contributed by atoms with Gasteiger partial charge in [0.2, 0.25) is 0 Å². The fourth-order valence-corrected chi connectivity index (χ4v) is 3.00. The lowest BCUT2D eigenvalue weighted by Crippen LogP contribution is -2.09. The molecule has 21 heavy (non-hydrogen) atoms. The van der Waals surface area contributed by atoms with Gasteiger partial charge in [-0.05, 0) is 37.5 Å². The van der Waals surface area contributed by atoms with E-state index < -0.39 is 10.1 Å². The number of ether oxygens (including phenoxy) is 2. The normalized spacial score (nSPS) is 18.8. The molecule has 0 aromatic heterocycles. The molecule has 5 nitrogen and oxygen atoms in total. The summed E-state index contributed by atoms with van der Waals surface area (Å²) < 4.78 is 39.5. The van der Waals surface area contributed by atoms with Crippen molar-refractivity contribution in [1.82, 2.24) is 0 Å². The van der Waals surface area contributed by atoms with E-state index >= 15 is 0 Å². The largest absolute Gasteiger partial charge is 0.359 e. The first-order chi connectivity index (χ1) is 10.0. The second-order valence-corrected chi connectivity index (χ2v) is 6.62. The highest BCUT2D eigenvalue weighted by atomic mass is 32.2. The zero-order chi connectivity index (χ0) is 15.3. The highest BCUT2D eigenvalue weighted by Gasteiger charge is 2.20. The Kier molecular flexibility index (Phi) is 5.52. The van der Waals surface area contributed by atoms with E-state index in [0.29, 0.717) is 0 Å². The van der Waals surface area contributed by atoms with E-state index in [-0.39, 0.29) is 24.4 Å². The number of methoxy groups -OCH3 is 1. The third kappa shape index (κ3) is 4.64. The van der Waals surface area contributed by atoms with E-state index in [1.807, 2.05) is 13.0 Å². The Balaban J connectivity index is 1.92. The molecule has 2 rings (SSSR count). The Morgan fingerprint density at radius 2 is 1.95 bits per heavy atom. The van der Waals surface area contributed by atoms with Crippen LogP contribution in [0, 0.1) is 6.92 Å². The summed E-state index contributed by atoms with van der Waals surface area (Å²) in [6.45, 7) is 2.21. The molecule has 1 aromatic carbocycles. The second kappa shape index (κ2) is 7.17. The highest BCUT2D eigenvalue weighted by molar-refractivity contribution is 7.86. The maximum absolute atomic E-state index is 12.1. The summed E-state index contributed by atoms with van der Waals surface area (Å²) >= 11 is 0. The molecule has 0 amide bonds. The summed E-state index contributed by atoms with van der Waals surface area (Å²) in [6.07, 6.45) is 3.49. The van der Waals surface area contributed by atoms with Crippen molar-refractivity contribution in [2.45, 2.75) is 30.8 Å². The van der Waals surface area contributed by atoms with Crippen LogP contribution in [-0.2, 0) is 23.8 Å². The standard InChI is InChI=1S/C15H20O5S/c1-12-3-7-15(8-4-12)21(16,17)20-10-13-5-6-14(9-13)19-11-18-2/h3-4,7-9,14H,5-6,10-11H2,1-2H3/t14-/m1/s1. The predicted molar refractivity (Wildman–Crippen MR) is 78.4 cm³/mol. The number of hydrogen-bond acceptors (Lipinski definition) is 5. The van der Waals surface area contributed by atoms with Crippen LogP contribution in [0.2, 0.25) is 0 Å². The van der Waals surface area contributed by atoms with Crippen molar-refractivity contribution < 1.29 is 22.1 Å². The molecule has 0 unspecified atom stereocenters. The summed E-state index contributed by atoms with van der Waals surface area (Å²) in [7, 11) is -2.14. The molecule has 0 bridgehead atoms. The molecule has 0 radical (unpaired) electrons. The molecule has 1 atom stereocenters. The SMILES string of the molecule is COCO[C@H]1C=C(COS(=O)(=O)c2ccc(C)cc2)CC1. The molecule has 0 heterocycles. The topological polar surface area (TPSA) is 61.8 Å². The Bertz CT molecular complexity index is 589. The highest BCUT2D eigenvalue weighted by Crippen LogP contribution is 2.23. The zero-order valence-electron chi connectivity index (χ0n) is 12.2. The Morgan fingerprint density at radius 3 is 2.62 bits per heavy atom. The molecule has 1 aromatic rings. The van der Waals surface area contributed by atoms with Crippen LogP contribution < -0.4 is 0 Å². The van der Waals surface area contributed by atoms with Gasteiger partial charge in [-0.15, -0.1) is 0 Å². The molecule has 0 N–H and O–H groups in total. The van der Waals surface area contributed by atoms with Crippen molar-refractivity contribution in [2.75, 3.05) is 20.5 Å². The zero-order valence-corrected chi connectivity index (χ0v) is 13.1. The van der Waals surface area contributed by atoms with Crippen molar-refractivity contribution in [3.05, 3.63) is 41.5 Å². The predicted octanol–water partition coefficient (Wildman–Crippen LogP) is 2.41. The third-order valence-electron chi connectivity index (χ3n) is 3.28. The maximum Gasteiger partial charge on any atom is 0.297 e. The van der Waals surface area contributed by atoms with Crippen LogP contribution in [0.1, 0.15) is 18.4 Å². The summed E-state index contributed by atoms with van der Waals surface area (Å²) in [4.78, 5) is 0.180. The van der Waals surface area contributed by atoms with Crippen LogP contribution in [0.3, 0.4) is 0 Å². The van der Waals surface area contributed by atoms with Crippen LogP contribution in [-0.4, -0.2) is 35.0 Å². The Morgan fingerprint density at radius 1 is 1.24 bits per heavy atom. The van der Waals surface area contributed by atoms with Gasteiger partial charge >= 0.3 is 0 Å². The Hall–Kier alpha value is -1.21. The summed E-state index contributed by atoms with van der Waals surface area (Å²) in [6, 6.07) is 6.61. The van der Waals surface area contributed by atoms with Crippen LogP contribution >= 0.6 is 0 Å². The monoisotopic (exact) mass is 312 g/mol. The molecule has 116 valence electrons. The van der Waals surface area contributed by atoms with Crippen LogP contribution in [0.5, 0.6) is 0 Å². The first-order valence-electron chi connectivity index (χ1n) is 6.77. The van der Waals surface area contributed by atoms with Crippen LogP contribution in [0.15, 0.2) is 40.8 Å². The maximum atomic E-state index is 12.1. The van der Waals surface area contributed by atoms with Gasteiger partial charge < -0.3 is 9.47 Å². The average Bonchev–Trinajstić information content (AvgIpc) is 2.91. The van der Waals surface area contributed by atoms with Crippen LogP contribution in [0.4, 0.5) is 0 Å². The molecule has 0 saturated carbocycles. The Labute approximate surface area is 125 Å². The lowest BCUT2D eigenvalue weighted by molar-refractivity contribution is -0.0549. The molecule has 0 saturated heterocycles. The van der Waals surface area contributed by atoms with Crippen molar-refractivity contribution in [3.8, 4) is 0 Å². The van der Waals surface area contributed by atoms with Gasteiger partial charge in [0.15, 0.2) is 0 Å². The number of aryl methyl sites for hydroxylation is 1. The van der Waals surface area contributed by atoms with Gasteiger partial charge in [0.05, 0.1) is 17.6 Å². The van der Waals surface area contributed by atoms with Gasteiger partial charge in [-0.25, -0.2) is 0 Å². The molecule has 1 aliphatic carbocycles. The van der Waals surface area contributed by atoms with E-state index in [9.17, 15) is 8.42 Å². The molecular weight excluding hydrogens is 292 g/mol. The minimum absolute atomic E-state index is 0.0226. The number of rotatable bonds is 7. The van der Waals surface area contributed by atoms with Gasteiger partial charge in [0.25, 0.3) is 10.1 Å². The smallest absolute Gasteiger partial charge is 0.297 e. The van der Waals surface area contributed by atoms with Gasteiger partial charge in [-0.2, -0.15) is 8.42 Å². The lowest BCUT2D eigenvalue weighted by Gasteiger charge is -2.07. The van der Waals surface area contributed by atoms with E-state index in [2.05, 4.69) is 0 Å². The average molecular weight is 312 g/mol. The van der Waals surface area contributed by atoms with E-state index in [0.717, 1.165) is 24.0 Å². The number of benzene rings is 1. The summed E-state index contributed by atoms with van der Waals surface area (Å²) in [5, 5.41) is 0. The third-order valence-corrected chi connectivity index (χ3v) is 4.56. The fourth-order valence-electron chi connectivity index (χ4n) is 2.09. The van der Waals surface area contributed by atoms with E-state index in [1.165, 1.54) is 0 Å². The van der Waals surface area contributed by atoms with Crippen molar-refractivity contribution in [3.63, 3.8) is 0 Å². The quantitative estimate of drug-likeness (QED) is 0.439. The lowest BCUT2D eigenvalue weighted by atomic mass is 10.2. The van der Waals surface area contributed by atoms with Gasteiger partial charge in [-0.1, -0.05) is 23.8 Å². The van der Waals surface area contributed by atoms with Gasteiger partial charge in [0, 0.05) is 7.11 Å². The van der Waals surface area contributed by atoms with Gasteiger partial charge in [-0.3, -0.25) is 4.18 Å². The van der Waals surface area contributed by atoms with E-state index in [1.54, 1.807) is 31.4 Å². The first-order valence-corrected chi connectivity index (χ1v) is 8.18. The molecule has 0 spiro atoms. The minimum atomic E-state index is -3.71. The molecule has 1 aliphatic rings. The molecular formula is C15H20O5S. The summed E-state index contributed by atoms with van der Waals surface area (Å²) in [5.41, 5.74) is 1.94. The molecule has 0 fully saturated rings. The van der Waals surface area contributed by atoms with Gasteiger partial charge in [0.1, 0.15) is 6.79 Å². The minimum Gasteiger partial charge on any atom is -0.359 e. The second-order valence-electron chi connectivity index (χ2n) is 5.00. The molecule has 0 aliphatic heterocycles. The first kappa shape index (κ1) is 16.2. The van der Waals surface area contributed by atoms with E-state index in [4.69, 9.17) is 13.7 Å². The van der Waals surface area contributed by atoms with Crippen molar-refractivity contribution in [2.24, 2.45) is 0 Å². The molecule has 6 heteroatoms. The number of hydrogen-bond donors (Lipinski definition) is 0. The fraction of sp³-hybridized carbons (Fsp3) is 0.467. The summed E-state index contributed by atoms with van der Waals surface area (Å²) in [5.74, 6) is 0.